The Morgan fingerprint density at radius 2 is 2.18 bits per heavy atom. The number of carbonyl (C=O) groups excluding carboxylic acids is 1. The smallest absolute Gasteiger partial charge is 0.339 e. The van der Waals surface area contributed by atoms with Crippen molar-refractivity contribution in [1.29, 1.82) is 0 Å². The number of carboxylic acid groups (broad SMARTS) is 1. The first kappa shape index (κ1) is 13.3. The summed E-state index contributed by atoms with van der Waals surface area (Å²) in [5.41, 5.74) is 0.0197. The van der Waals surface area contributed by atoms with E-state index in [1.54, 1.807) is 0 Å². The quantitative estimate of drug-likeness (QED) is 0.839. The number of aromatic carboxylic acids is 1. The third-order valence-corrected chi connectivity index (χ3v) is 2.27. The Morgan fingerprint density at radius 3 is 2.76 bits per heavy atom. The Hall–Kier alpha value is -1.75. The van der Waals surface area contributed by atoms with E-state index in [4.69, 9.17) is 21.4 Å². The van der Waals surface area contributed by atoms with Crippen LogP contribution in [0.3, 0.4) is 0 Å². The van der Waals surface area contributed by atoms with Gasteiger partial charge in [0.2, 0.25) is 5.91 Å². The lowest BCUT2D eigenvalue weighted by atomic mass is 10.2. The Morgan fingerprint density at radius 1 is 1.47 bits per heavy atom. The summed E-state index contributed by atoms with van der Waals surface area (Å²) in [6.45, 7) is 0.0975. The van der Waals surface area contributed by atoms with Crippen molar-refractivity contribution in [2.24, 2.45) is 0 Å². The van der Waals surface area contributed by atoms with Crippen LogP contribution in [0.2, 0.25) is 5.02 Å². The highest BCUT2D eigenvalue weighted by Gasteiger charge is 2.12. The van der Waals surface area contributed by atoms with Gasteiger partial charge in [-0.2, -0.15) is 0 Å². The van der Waals surface area contributed by atoms with E-state index < -0.39 is 5.97 Å². The summed E-state index contributed by atoms with van der Waals surface area (Å²) in [6, 6.07) is 4.24. The van der Waals surface area contributed by atoms with Gasteiger partial charge in [0.15, 0.2) is 0 Å². The lowest BCUT2D eigenvalue weighted by molar-refractivity contribution is -0.121. The van der Waals surface area contributed by atoms with E-state index in [9.17, 15) is 9.59 Å². The van der Waals surface area contributed by atoms with Gasteiger partial charge in [0.05, 0.1) is 13.0 Å². The summed E-state index contributed by atoms with van der Waals surface area (Å²) in [7, 11) is 1.52. The van der Waals surface area contributed by atoms with Crippen molar-refractivity contribution >= 4 is 23.5 Å². The van der Waals surface area contributed by atoms with Crippen LogP contribution in [0.25, 0.3) is 0 Å². The molecule has 6 heteroatoms. The van der Waals surface area contributed by atoms with Crippen molar-refractivity contribution in [2.45, 2.75) is 6.42 Å². The minimum Gasteiger partial charge on any atom is -0.492 e. The second-order valence-electron chi connectivity index (χ2n) is 3.22. The fourth-order valence-electron chi connectivity index (χ4n) is 1.17. The average Bonchev–Trinajstić information content (AvgIpc) is 2.28. The molecule has 5 nitrogen and oxygen atoms in total. The zero-order valence-corrected chi connectivity index (χ0v) is 9.95. The zero-order chi connectivity index (χ0) is 12.8. The Labute approximate surface area is 103 Å². The first-order valence-corrected chi connectivity index (χ1v) is 5.28. The summed E-state index contributed by atoms with van der Waals surface area (Å²) in [4.78, 5) is 21.8. The van der Waals surface area contributed by atoms with E-state index in [-0.39, 0.29) is 30.2 Å². The SMILES string of the molecule is CNC(=O)CCOc1cc(Cl)ccc1C(=O)O. The summed E-state index contributed by atoms with van der Waals surface area (Å²) in [5, 5.41) is 11.7. The Kier molecular flexibility index (Phi) is 4.78. The van der Waals surface area contributed by atoms with Gasteiger partial charge in [-0.05, 0) is 18.2 Å². The summed E-state index contributed by atoms with van der Waals surface area (Å²) >= 11 is 5.74. The van der Waals surface area contributed by atoms with Crippen LogP contribution in [-0.4, -0.2) is 30.6 Å². The molecule has 2 N–H and O–H groups in total. The molecule has 1 rings (SSSR count). The van der Waals surface area contributed by atoms with Gasteiger partial charge in [-0.15, -0.1) is 0 Å². The molecule has 0 aromatic heterocycles. The average molecular weight is 258 g/mol. The maximum absolute atomic E-state index is 11.0. The molecule has 17 heavy (non-hydrogen) atoms. The molecule has 92 valence electrons. The van der Waals surface area contributed by atoms with Crippen LogP contribution in [0.15, 0.2) is 18.2 Å². The molecular weight excluding hydrogens is 246 g/mol. The van der Waals surface area contributed by atoms with E-state index in [1.807, 2.05) is 0 Å². The first-order valence-electron chi connectivity index (χ1n) is 4.91. The van der Waals surface area contributed by atoms with Crippen LogP contribution < -0.4 is 10.1 Å². The number of ether oxygens (including phenoxy) is 1. The molecule has 1 aromatic rings. The third-order valence-electron chi connectivity index (χ3n) is 2.04. The number of hydrogen-bond donors (Lipinski definition) is 2. The first-order chi connectivity index (χ1) is 8.04. The lowest BCUT2D eigenvalue weighted by Crippen LogP contribution is -2.20. The van der Waals surface area contributed by atoms with Gasteiger partial charge < -0.3 is 15.2 Å². The van der Waals surface area contributed by atoms with Gasteiger partial charge in [-0.3, -0.25) is 4.79 Å². The molecule has 0 aliphatic carbocycles. The van der Waals surface area contributed by atoms with Crippen molar-refractivity contribution in [2.75, 3.05) is 13.7 Å². The zero-order valence-electron chi connectivity index (χ0n) is 9.20. The van der Waals surface area contributed by atoms with Crippen molar-refractivity contribution in [3.63, 3.8) is 0 Å². The van der Waals surface area contributed by atoms with E-state index >= 15 is 0 Å². The van der Waals surface area contributed by atoms with Gasteiger partial charge in [0, 0.05) is 12.1 Å². The molecule has 1 aromatic carbocycles. The number of halogens is 1. The minimum atomic E-state index is -1.10. The molecule has 0 fully saturated rings. The topological polar surface area (TPSA) is 75.6 Å². The number of nitrogens with one attached hydrogen (secondary N) is 1. The Bertz CT molecular complexity index is 433. The van der Waals surface area contributed by atoms with E-state index in [0.29, 0.717) is 5.02 Å². The fourth-order valence-corrected chi connectivity index (χ4v) is 1.33. The molecule has 0 radical (unpaired) electrons. The molecule has 0 unspecified atom stereocenters. The van der Waals surface area contributed by atoms with Crippen molar-refractivity contribution in [3.05, 3.63) is 28.8 Å². The Balaban J connectivity index is 2.72. The summed E-state index contributed by atoms with van der Waals surface area (Å²) < 4.78 is 5.23. The standard InChI is InChI=1S/C11H12ClNO4/c1-13-10(14)4-5-17-9-6-7(12)2-3-8(9)11(15)16/h2-3,6H,4-5H2,1H3,(H,13,14)(H,15,16). The van der Waals surface area contributed by atoms with Crippen molar-refractivity contribution in [3.8, 4) is 5.75 Å². The molecule has 0 saturated heterocycles. The number of carbonyl (C=O) groups is 2. The van der Waals surface area contributed by atoms with Gasteiger partial charge >= 0.3 is 5.97 Å². The molecule has 0 atom stereocenters. The maximum atomic E-state index is 11.0. The molecular formula is C11H12ClNO4. The van der Waals surface area contributed by atoms with E-state index in [0.717, 1.165) is 0 Å². The lowest BCUT2D eigenvalue weighted by Gasteiger charge is -2.08. The van der Waals surface area contributed by atoms with Crippen molar-refractivity contribution in [1.82, 2.24) is 5.32 Å². The number of carboxylic acids is 1. The highest BCUT2D eigenvalue weighted by molar-refractivity contribution is 6.30. The highest BCUT2D eigenvalue weighted by Crippen LogP contribution is 2.23. The van der Waals surface area contributed by atoms with E-state index in [2.05, 4.69) is 5.32 Å². The van der Waals surface area contributed by atoms with E-state index in [1.165, 1.54) is 25.2 Å². The monoisotopic (exact) mass is 257 g/mol. The predicted molar refractivity (Wildman–Crippen MR) is 62.6 cm³/mol. The second-order valence-corrected chi connectivity index (χ2v) is 3.65. The molecule has 0 aliphatic rings. The number of benzene rings is 1. The van der Waals surface area contributed by atoms with Gasteiger partial charge in [0.1, 0.15) is 11.3 Å². The van der Waals surface area contributed by atoms with Gasteiger partial charge in [-0.1, -0.05) is 11.6 Å². The summed E-state index contributed by atoms with van der Waals surface area (Å²) in [5.74, 6) is -1.12. The second kappa shape index (κ2) is 6.10. The van der Waals surface area contributed by atoms with Crippen LogP contribution >= 0.6 is 11.6 Å². The highest BCUT2D eigenvalue weighted by atomic mass is 35.5. The third kappa shape index (κ3) is 3.96. The summed E-state index contributed by atoms with van der Waals surface area (Å²) in [6.07, 6.45) is 0.155. The van der Waals surface area contributed by atoms with Crippen LogP contribution in [0, 0.1) is 0 Å². The van der Waals surface area contributed by atoms with Crippen LogP contribution in [0.5, 0.6) is 5.75 Å². The largest absolute Gasteiger partial charge is 0.492 e. The molecule has 0 aliphatic heterocycles. The van der Waals surface area contributed by atoms with Gasteiger partial charge in [0.25, 0.3) is 0 Å². The van der Waals surface area contributed by atoms with Crippen LogP contribution in [-0.2, 0) is 4.79 Å². The molecule has 0 heterocycles. The molecule has 0 bridgehead atoms. The molecule has 1 amide bonds. The number of amides is 1. The van der Waals surface area contributed by atoms with Gasteiger partial charge in [-0.25, -0.2) is 4.79 Å². The molecule has 0 saturated carbocycles. The predicted octanol–water partition coefficient (Wildman–Crippen LogP) is 1.55. The normalized spacial score (nSPS) is 9.76. The number of rotatable bonds is 5. The van der Waals surface area contributed by atoms with Crippen LogP contribution in [0.1, 0.15) is 16.8 Å². The fraction of sp³-hybridized carbons (Fsp3) is 0.273. The van der Waals surface area contributed by atoms with Crippen LogP contribution in [0.4, 0.5) is 0 Å². The minimum absolute atomic E-state index is 0.0197. The maximum Gasteiger partial charge on any atom is 0.339 e. The molecule has 0 spiro atoms. The number of hydrogen-bond acceptors (Lipinski definition) is 3. The van der Waals surface area contributed by atoms with Crippen molar-refractivity contribution < 1.29 is 19.4 Å².